The third-order valence-corrected chi connectivity index (χ3v) is 6.42. The molecule has 162 valence electrons. The number of amides is 1. The minimum Gasteiger partial charge on any atom is -0.352 e. The molecule has 1 atom stereocenters. The van der Waals surface area contributed by atoms with Gasteiger partial charge in [0.2, 0.25) is 0 Å². The molecule has 0 spiro atoms. The van der Waals surface area contributed by atoms with Crippen LogP contribution in [0.1, 0.15) is 48.7 Å². The lowest BCUT2D eigenvalue weighted by molar-refractivity contribution is 0.0948. The van der Waals surface area contributed by atoms with E-state index in [4.69, 9.17) is 0 Å². The van der Waals surface area contributed by atoms with Gasteiger partial charge in [-0.05, 0) is 63.4 Å². The number of hydrogen-bond donors (Lipinski definition) is 1. The molecule has 2 aromatic carbocycles. The summed E-state index contributed by atoms with van der Waals surface area (Å²) in [5, 5.41) is 3.16. The van der Waals surface area contributed by atoms with E-state index in [1.54, 1.807) is 0 Å². The van der Waals surface area contributed by atoms with Crippen molar-refractivity contribution >= 4 is 5.91 Å². The average Bonchev–Trinajstić information content (AvgIpc) is 3.16. The van der Waals surface area contributed by atoms with Crippen LogP contribution in [-0.2, 0) is 0 Å². The molecule has 1 aromatic heterocycles. The highest BCUT2D eigenvalue weighted by atomic mass is 16.1. The Hall–Kier alpha value is -2.85. The number of benzene rings is 2. The summed E-state index contributed by atoms with van der Waals surface area (Å²) in [4.78, 5) is 15.6. The Morgan fingerprint density at radius 2 is 1.74 bits per heavy atom. The molecule has 4 heteroatoms. The highest BCUT2D eigenvalue weighted by Gasteiger charge is 2.20. The summed E-state index contributed by atoms with van der Waals surface area (Å²) in [5.74, 6) is 0.0102. The molecule has 4 rings (SSSR count). The molecule has 2 heterocycles. The van der Waals surface area contributed by atoms with Crippen LogP contribution in [-0.4, -0.2) is 41.1 Å². The van der Waals surface area contributed by atoms with Gasteiger partial charge in [-0.25, -0.2) is 0 Å². The molecule has 1 amide bonds. The second-order valence-electron chi connectivity index (χ2n) is 8.56. The zero-order chi connectivity index (χ0) is 21.6. The molecule has 1 aliphatic heterocycles. The summed E-state index contributed by atoms with van der Waals surface area (Å²) in [7, 11) is 0. The lowest BCUT2D eigenvalue weighted by Crippen LogP contribution is -2.39. The Kier molecular flexibility index (Phi) is 6.88. The van der Waals surface area contributed by atoms with Crippen LogP contribution in [0.4, 0.5) is 0 Å². The number of nitrogens with one attached hydrogen (secondary N) is 1. The van der Waals surface area contributed by atoms with Gasteiger partial charge in [-0.2, -0.15) is 0 Å². The molecule has 0 aliphatic carbocycles. The molecule has 1 fully saturated rings. The fraction of sp³-hybridized carbons (Fsp3) is 0.370. The van der Waals surface area contributed by atoms with E-state index in [1.165, 1.54) is 25.8 Å². The fourth-order valence-electron chi connectivity index (χ4n) is 4.64. The Bertz CT molecular complexity index is 994. The zero-order valence-corrected chi connectivity index (χ0v) is 18.7. The quantitative estimate of drug-likeness (QED) is 0.521. The van der Waals surface area contributed by atoms with Gasteiger partial charge in [0.15, 0.2) is 0 Å². The van der Waals surface area contributed by atoms with Gasteiger partial charge in [0.25, 0.3) is 5.91 Å². The molecule has 1 aliphatic rings. The minimum absolute atomic E-state index is 0.0102. The second kappa shape index (κ2) is 9.97. The van der Waals surface area contributed by atoms with Gasteiger partial charge >= 0.3 is 0 Å². The first-order valence-electron chi connectivity index (χ1n) is 11.5. The van der Waals surface area contributed by atoms with Gasteiger partial charge in [0.05, 0.1) is 11.3 Å². The van der Waals surface area contributed by atoms with Crippen molar-refractivity contribution in [1.82, 2.24) is 14.8 Å². The number of carbonyl (C=O) groups excluding carboxylic acids is 1. The maximum atomic E-state index is 13.1. The number of hydrogen-bond acceptors (Lipinski definition) is 2. The number of nitrogens with zero attached hydrogens (tertiary/aromatic N) is 2. The Labute approximate surface area is 185 Å². The van der Waals surface area contributed by atoms with E-state index in [1.807, 2.05) is 49.4 Å². The minimum atomic E-state index is 0.0102. The average molecular weight is 416 g/mol. The lowest BCUT2D eigenvalue weighted by Gasteiger charge is -2.33. The van der Waals surface area contributed by atoms with Gasteiger partial charge in [-0.1, -0.05) is 55.0 Å². The lowest BCUT2D eigenvalue weighted by atomic mass is 10.0. The van der Waals surface area contributed by atoms with Crippen molar-refractivity contribution in [2.45, 2.75) is 45.6 Å². The van der Waals surface area contributed by atoms with Crippen molar-refractivity contribution in [3.8, 4) is 16.9 Å². The Morgan fingerprint density at radius 3 is 2.45 bits per heavy atom. The summed E-state index contributed by atoms with van der Waals surface area (Å²) >= 11 is 0. The summed E-state index contributed by atoms with van der Waals surface area (Å²) < 4.78 is 2.18. The van der Waals surface area contributed by atoms with Crippen molar-refractivity contribution in [2.75, 3.05) is 19.6 Å². The van der Waals surface area contributed by atoms with E-state index < -0.39 is 0 Å². The predicted octanol–water partition coefficient (Wildman–Crippen LogP) is 5.45. The van der Waals surface area contributed by atoms with Crippen LogP contribution in [0.5, 0.6) is 0 Å². The van der Waals surface area contributed by atoms with E-state index in [9.17, 15) is 4.79 Å². The number of likely N-dealkylation sites (tertiary alicyclic amines) is 1. The number of carbonyl (C=O) groups is 1. The molecule has 1 N–H and O–H groups in total. The molecule has 4 nitrogen and oxygen atoms in total. The number of piperidine rings is 1. The normalized spacial score (nSPS) is 16.9. The second-order valence-corrected chi connectivity index (χ2v) is 8.56. The number of para-hydroxylation sites is 1. The maximum absolute atomic E-state index is 13.1. The molecule has 0 saturated carbocycles. The topological polar surface area (TPSA) is 37.3 Å². The maximum Gasteiger partial charge on any atom is 0.253 e. The molecular weight excluding hydrogens is 382 g/mol. The number of rotatable bonds is 7. The molecule has 31 heavy (non-hydrogen) atoms. The van der Waals surface area contributed by atoms with Crippen molar-refractivity contribution in [2.24, 2.45) is 0 Å². The van der Waals surface area contributed by atoms with Gasteiger partial charge in [0, 0.05) is 30.5 Å². The van der Waals surface area contributed by atoms with E-state index in [0.29, 0.717) is 12.6 Å². The van der Waals surface area contributed by atoms with Gasteiger partial charge in [-0.3, -0.25) is 4.79 Å². The van der Waals surface area contributed by atoms with Crippen molar-refractivity contribution < 1.29 is 4.79 Å². The summed E-state index contributed by atoms with van der Waals surface area (Å²) in [5.41, 5.74) is 4.92. The van der Waals surface area contributed by atoms with E-state index in [-0.39, 0.29) is 5.91 Å². The predicted molar refractivity (Wildman–Crippen MR) is 128 cm³/mol. The van der Waals surface area contributed by atoms with Gasteiger partial charge < -0.3 is 14.8 Å². The monoisotopic (exact) mass is 415 g/mol. The van der Waals surface area contributed by atoms with Crippen LogP contribution in [0.15, 0.2) is 66.7 Å². The highest BCUT2D eigenvalue weighted by molar-refractivity contribution is 5.97. The molecule has 3 aromatic rings. The summed E-state index contributed by atoms with van der Waals surface area (Å²) in [6, 6.07) is 23.2. The standard InChI is InChI=1S/C27H33N3O/c1-21-12-9-10-18-29(21)19-11-17-28-27(31)25-20-26(23-13-5-3-6-14-23)30(22(25)2)24-15-7-4-8-16-24/h3-8,13-16,20-21H,9-12,17-19H2,1-2H3,(H,28,31)/t21-/m0/s1. The van der Waals surface area contributed by atoms with Gasteiger partial charge in [-0.15, -0.1) is 0 Å². The first-order chi connectivity index (χ1) is 15.1. The van der Waals surface area contributed by atoms with E-state index in [0.717, 1.165) is 41.2 Å². The largest absolute Gasteiger partial charge is 0.352 e. The van der Waals surface area contributed by atoms with Gasteiger partial charge in [0.1, 0.15) is 0 Å². The van der Waals surface area contributed by atoms with Crippen LogP contribution < -0.4 is 5.32 Å². The van der Waals surface area contributed by atoms with Crippen LogP contribution in [0.25, 0.3) is 16.9 Å². The van der Waals surface area contributed by atoms with Crippen LogP contribution >= 0.6 is 0 Å². The van der Waals surface area contributed by atoms with Crippen LogP contribution in [0.2, 0.25) is 0 Å². The highest BCUT2D eigenvalue weighted by Crippen LogP contribution is 2.29. The van der Waals surface area contributed by atoms with Crippen molar-refractivity contribution in [3.63, 3.8) is 0 Å². The van der Waals surface area contributed by atoms with Crippen molar-refractivity contribution in [1.29, 1.82) is 0 Å². The smallest absolute Gasteiger partial charge is 0.253 e. The zero-order valence-electron chi connectivity index (χ0n) is 18.7. The molecule has 1 saturated heterocycles. The van der Waals surface area contributed by atoms with E-state index >= 15 is 0 Å². The summed E-state index contributed by atoms with van der Waals surface area (Å²) in [6.07, 6.45) is 4.92. The molecule has 0 radical (unpaired) electrons. The number of aromatic nitrogens is 1. The van der Waals surface area contributed by atoms with Crippen LogP contribution in [0.3, 0.4) is 0 Å². The third-order valence-electron chi connectivity index (χ3n) is 6.42. The molecule has 0 unspecified atom stereocenters. The first kappa shape index (κ1) is 21.4. The fourth-order valence-corrected chi connectivity index (χ4v) is 4.64. The Balaban J connectivity index is 1.50. The summed E-state index contributed by atoms with van der Waals surface area (Å²) in [6.45, 7) is 7.30. The molecule has 0 bridgehead atoms. The molecular formula is C27H33N3O. The first-order valence-corrected chi connectivity index (χ1v) is 11.5. The Morgan fingerprint density at radius 1 is 1.03 bits per heavy atom. The third kappa shape index (κ3) is 4.91. The van der Waals surface area contributed by atoms with Crippen molar-refractivity contribution in [3.05, 3.63) is 78.0 Å². The van der Waals surface area contributed by atoms with E-state index in [2.05, 4.69) is 46.0 Å². The SMILES string of the molecule is Cc1c(C(=O)NCCCN2CCCC[C@@H]2C)cc(-c2ccccc2)n1-c1ccccc1. The van der Waals surface area contributed by atoms with Crippen LogP contribution in [0, 0.1) is 6.92 Å².